The Morgan fingerprint density at radius 2 is 1.88 bits per heavy atom. The van der Waals surface area contributed by atoms with Crippen molar-refractivity contribution in [3.8, 4) is 11.5 Å². The van der Waals surface area contributed by atoms with Crippen LogP contribution in [0.15, 0.2) is 42.5 Å². The van der Waals surface area contributed by atoms with Crippen LogP contribution in [0.4, 0.5) is 4.39 Å². The fraction of sp³-hybridized carbons (Fsp3) is 0.316. The molecule has 0 radical (unpaired) electrons. The predicted octanol–water partition coefficient (Wildman–Crippen LogP) is 4.14. The van der Waals surface area contributed by atoms with Crippen molar-refractivity contribution < 1.29 is 18.7 Å². The molecule has 1 N–H and O–H groups in total. The molecule has 0 fully saturated rings. The number of amides is 1. The maximum absolute atomic E-state index is 12.9. The molecule has 2 rings (SSSR count). The average molecular weight is 366 g/mol. The molecule has 0 aromatic heterocycles. The summed E-state index contributed by atoms with van der Waals surface area (Å²) in [6.45, 7) is 4.42. The number of hydrogen-bond acceptors (Lipinski definition) is 3. The van der Waals surface area contributed by atoms with Gasteiger partial charge in [0.1, 0.15) is 23.9 Å². The van der Waals surface area contributed by atoms with Crippen molar-refractivity contribution in [2.45, 2.75) is 26.4 Å². The number of halogens is 2. The van der Waals surface area contributed by atoms with Gasteiger partial charge in [-0.05, 0) is 55.3 Å². The van der Waals surface area contributed by atoms with Crippen LogP contribution >= 0.6 is 11.6 Å². The summed E-state index contributed by atoms with van der Waals surface area (Å²) in [4.78, 5) is 12.2. The monoisotopic (exact) mass is 365 g/mol. The number of carbonyl (C=O) groups excluding carboxylic acids is 1. The van der Waals surface area contributed by atoms with Crippen LogP contribution in [-0.4, -0.2) is 25.2 Å². The smallest absolute Gasteiger partial charge is 0.261 e. The van der Waals surface area contributed by atoms with E-state index < -0.39 is 6.10 Å². The minimum Gasteiger partial charge on any atom is -0.492 e. The lowest BCUT2D eigenvalue weighted by atomic mass is 10.2. The van der Waals surface area contributed by atoms with Gasteiger partial charge in [0.05, 0.1) is 6.54 Å². The second-order valence-electron chi connectivity index (χ2n) is 5.52. The van der Waals surface area contributed by atoms with E-state index in [-0.39, 0.29) is 11.7 Å². The molecule has 4 nitrogen and oxygen atoms in total. The fourth-order valence-electron chi connectivity index (χ4n) is 2.12. The fourth-order valence-corrected chi connectivity index (χ4v) is 2.29. The lowest BCUT2D eigenvalue weighted by Gasteiger charge is -2.17. The van der Waals surface area contributed by atoms with Crippen molar-refractivity contribution in [3.05, 3.63) is 58.9 Å². The summed E-state index contributed by atoms with van der Waals surface area (Å²) in [5, 5.41) is 3.40. The summed E-state index contributed by atoms with van der Waals surface area (Å²) < 4.78 is 24.0. The maximum atomic E-state index is 12.9. The number of rotatable bonds is 8. The summed E-state index contributed by atoms with van der Waals surface area (Å²) in [5.41, 5.74) is 0.978. The second-order valence-corrected chi connectivity index (χ2v) is 5.93. The average Bonchev–Trinajstić information content (AvgIpc) is 2.61. The highest BCUT2D eigenvalue weighted by atomic mass is 35.5. The largest absolute Gasteiger partial charge is 0.492 e. The Labute approximate surface area is 151 Å². The van der Waals surface area contributed by atoms with Crippen LogP contribution in [0.2, 0.25) is 5.02 Å². The van der Waals surface area contributed by atoms with Gasteiger partial charge in [-0.2, -0.15) is 0 Å². The first-order valence-corrected chi connectivity index (χ1v) is 8.46. The summed E-state index contributed by atoms with van der Waals surface area (Å²) in [5.74, 6) is 0.518. The van der Waals surface area contributed by atoms with E-state index in [9.17, 15) is 9.18 Å². The first-order chi connectivity index (χ1) is 12.0. The molecule has 0 aliphatic carbocycles. The molecule has 0 saturated carbocycles. The lowest BCUT2D eigenvalue weighted by molar-refractivity contribution is -0.128. The zero-order chi connectivity index (χ0) is 18.2. The summed E-state index contributed by atoms with van der Waals surface area (Å²) >= 11 is 6.03. The van der Waals surface area contributed by atoms with Gasteiger partial charge >= 0.3 is 0 Å². The molecule has 1 unspecified atom stereocenters. The van der Waals surface area contributed by atoms with E-state index in [0.717, 1.165) is 5.56 Å². The number of ether oxygens (including phenoxy) is 2. The number of hydrogen-bond donors (Lipinski definition) is 1. The molecule has 25 heavy (non-hydrogen) atoms. The Bertz CT molecular complexity index is 706. The number of nitrogens with one attached hydrogen (secondary N) is 1. The van der Waals surface area contributed by atoms with Gasteiger partial charge in [-0.1, -0.05) is 24.6 Å². The molecule has 0 saturated heterocycles. The Hall–Kier alpha value is -2.27. The minimum atomic E-state index is -0.640. The molecule has 134 valence electrons. The first kappa shape index (κ1) is 19.1. The minimum absolute atomic E-state index is 0.239. The van der Waals surface area contributed by atoms with Crippen LogP contribution in [0.5, 0.6) is 11.5 Å². The van der Waals surface area contributed by atoms with Gasteiger partial charge in [-0.15, -0.1) is 0 Å². The molecule has 2 aromatic carbocycles. The van der Waals surface area contributed by atoms with Gasteiger partial charge in [-0.25, -0.2) is 4.39 Å². The molecule has 0 bridgehead atoms. The highest BCUT2D eigenvalue weighted by Crippen LogP contribution is 2.21. The predicted molar refractivity (Wildman–Crippen MR) is 95.8 cm³/mol. The van der Waals surface area contributed by atoms with Gasteiger partial charge < -0.3 is 14.8 Å². The lowest BCUT2D eigenvalue weighted by Crippen LogP contribution is -2.39. The molecule has 2 aromatic rings. The molecule has 0 aliphatic rings. The van der Waals surface area contributed by atoms with Crippen LogP contribution in [0.1, 0.15) is 18.9 Å². The summed E-state index contributed by atoms with van der Waals surface area (Å²) in [6.07, 6.45) is -0.142. The standard InChI is InChI=1S/C19H21ClFNO3/c1-3-18(25-15-8-5-14(21)6-9-15)19(23)22-10-11-24-16-7-4-13(2)17(20)12-16/h4-9,12,18H,3,10-11H2,1-2H3,(H,22,23). The molecule has 1 atom stereocenters. The van der Waals surface area contributed by atoms with Crippen LogP contribution in [0.25, 0.3) is 0 Å². The van der Waals surface area contributed by atoms with Gasteiger partial charge in [0, 0.05) is 5.02 Å². The van der Waals surface area contributed by atoms with Crippen LogP contribution in [-0.2, 0) is 4.79 Å². The number of aryl methyl sites for hydroxylation is 1. The normalized spacial score (nSPS) is 11.7. The van der Waals surface area contributed by atoms with E-state index >= 15 is 0 Å². The molecule has 6 heteroatoms. The Balaban J connectivity index is 1.77. The molecular weight excluding hydrogens is 345 g/mol. The van der Waals surface area contributed by atoms with Gasteiger partial charge in [0.25, 0.3) is 5.91 Å². The highest BCUT2D eigenvalue weighted by molar-refractivity contribution is 6.31. The third-order valence-corrected chi connectivity index (χ3v) is 3.98. The van der Waals surface area contributed by atoms with Crippen molar-refractivity contribution in [3.63, 3.8) is 0 Å². The second kappa shape index (κ2) is 9.28. The molecule has 0 spiro atoms. The van der Waals surface area contributed by atoms with E-state index in [4.69, 9.17) is 21.1 Å². The van der Waals surface area contributed by atoms with E-state index in [2.05, 4.69) is 5.32 Å². The van der Waals surface area contributed by atoms with Crippen molar-refractivity contribution in [2.24, 2.45) is 0 Å². The zero-order valence-corrected chi connectivity index (χ0v) is 15.0. The summed E-state index contributed by atoms with van der Waals surface area (Å²) in [7, 11) is 0. The van der Waals surface area contributed by atoms with Gasteiger partial charge in [-0.3, -0.25) is 4.79 Å². The third kappa shape index (κ3) is 5.94. The first-order valence-electron chi connectivity index (χ1n) is 8.08. The molecular formula is C19H21ClFNO3. The van der Waals surface area contributed by atoms with Crippen LogP contribution in [0, 0.1) is 12.7 Å². The van der Waals surface area contributed by atoms with Gasteiger partial charge in [0.2, 0.25) is 0 Å². The molecule has 1 amide bonds. The SMILES string of the molecule is CCC(Oc1ccc(F)cc1)C(=O)NCCOc1ccc(C)c(Cl)c1. The molecule has 0 heterocycles. The van der Waals surface area contributed by atoms with Crippen molar-refractivity contribution >= 4 is 17.5 Å². The molecule has 0 aliphatic heterocycles. The Morgan fingerprint density at radius 3 is 2.52 bits per heavy atom. The van der Waals surface area contributed by atoms with E-state index in [1.54, 1.807) is 6.07 Å². The Kier molecular flexibility index (Phi) is 7.07. The van der Waals surface area contributed by atoms with Crippen molar-refractivity contribution in [1.29, 1.82) is 0 Å². The Morgan fingerprint density at radius 1 is 1.20 bits per heavy atom. The highest BCUT2D eigenvalue weighted by Gasteiger charge is 2.17. The van der Waals surface area contributed by atoms with E-state index in [0.29, 0.717) is 36.1 Å². The van der Waals surface area contributed by atoms with E-state index in [1.165, 1.54) is 24.3 Å². The van der Waals surface area contributed by atoms with E-state index in [1.807, 2.05) is 26.0 Å². The topological polar surface area (TPSA) is 47.6 Å². The summed E-state index contributed by atoms with van der Waals surface area (Å²) in [6, 6.07) is 11.0. The number of benzene rings is 2. The van der Waals surface area contributed by atoms with Crippen molar-refractivity contribution in [2.75, 3.05) is 13.2 Å². The quantitative estimate of drug-likeness (QED) is 0.715. The maximum Gasteiger partial charge on any atom is 0.261 e. The third-order valence-electron chi connectivity index (χ3n) is 3.57. The zero-order valence-electron chi connectivity index (χ0n) is 14.2. The van der Waals surface area contributed by atoms with Gasteiger partial charge in [0.15, 0.2) is 6.10 Å². The van der Waals surface area contributed by atoms with Crippen LogP contribution < -0.4 is 14.8 Å². The van der Waals surface area contributed by atoms with Crippen LogP contribution in [0.3, 0.4) is 0 Å². The number of carbonyl (C=O) groups is 1. The van der Waals surface area contributed by atoms with Crippen molar-refractivity contribution in [1.82, 2.24) is 5.32 Å².